The predicted molar refractivity (Wildman–Crippen MR) is 85.1 cm³/mol. The highest BCUT2D eigenvalue weighted by Gasteiger charge is 2.24. The fraction of sp³-hybridized carbons (Fsp3) is 0.412. The summed E-state index contributed by atoms with van der Waals surface area (Å²) in [7, 11) is 0. The Labute approximate surface area is 135 Å². The Morgan fingerprint density at radius 2 is 2.09 bits per heavy atom. The molecule has 2 aromatic rings. The second-order valence-electron chi connectivity index (χ2n) is 5.77. The second-order valence-corrected chi connectivity index (χ2v) is 5.77. The monoisotopic (exact) mass is 312 g/mol. The van der Waals surface area contributed by atoms with E-state index in [1.807, 2.05) is 24.0 Å². The van der Waals surface area contributed by atoms with E-state index in [0.717, 1.165) is 37.4 Å². The zero-order valence-corrected chi connectivity index (χ0v) is 13.2. The summed E-state index contributed by atoms with van der Waals surface area (Å²) in [5.74, 6) is 1.28. The molecule has 1 aliphatic heterocycles. The van der Waals surface area contributed by atoms with Gasteiger partial charge in [0.25, 0.3) is 5.91 Å². The van der Waals surface area contributed by atoms with Gasteiger partial charge in [-0.1, -0.05) is 0 Å². The minimum atomic E-state index is -0.0396. The van der Waals surface area contributed by atoms with Gasteiger partial charge in [0.1, 0.15) is 11.4 Å². The van der Waals surface area contributed by atoms with Crippen molar-refractivity contribution in [3.8, 4) is 5.75 Å². The average Bonchev–Trinajstić information content (AvgIpc) is 2.61. The van der Waals surface area contributed by atoms with Crippen LogP contribution in [0.25, 0.3) is 0 Å². The molecule has 0 bridgehead atoms. The van der Waals surface area contributed by atoms with Crippen LogP contribution in [-0.2, 0) is 0 Å². The maximum Gasteiger partial charge on any atom is 0.274 e. The number of amides is 1. The number of nitrogens with zero attached hydrogens (tertiary/aromatic N) is 4. The van der Waals surface area contributed by atoms with Gasteiger partial charge in [-0.2, -0.15) is 0 Å². The molecule has 1 amide bonds. The van der Waals surface area contributed by atoms with Gasteiger partial charge >= 0.3 is 0 Å². The quantitative estimate of drug-likeness (QED) is 0.865. The normalized spacial score (nSPS) is 15.4. The van der Waals surface area contributed by atoms with Crippen molar-refractivity contribution in [2.75, 3.05) is 19.7 Å². The third-order valence-corrected chi connectivity index (χ3v) is 4.04. The molecule has 0 N–H and O–H groups in total. The Hall–Kier alpha value is -2.50. The third-order valence-electron chi connectivity index (χ3n) is 4.04. The van der Waals surface area contributed by atoms with Gasteiger partial charge in [-0.15, -0.1) is 0 Å². The standard InChI is InChI=1S/C17H20N4O2/c1-13-10-15(2-5-19-13)23-12-14-3-8-21(9-4-14)17(22)16-11-18-6-7-20-16/h2,5-7,10-11,14H,3-4,8-9,12H2,1H3. The Morgan fingerprint density at radius 1 is 1.26 bits per heavy atom. The van der Waals surface area contributed by atoms with E-state index in [9.17, 15) is 4.79 Å². The number of pyridine rings is 1. The molecule has 6 heteroatoms. The number of hydrogen-bond donors (Lipinski definition) is 0. The van der Waals surface area contributed by atoms with E-state index in [1.54, 1.807) is 18.6 Å². The van der Waals surface area contributed by atoms with E-state index >= 15 is 0 Å². The first-order valence-corrected chi connectivity index (χ1v) is 7.83. The van der Waals surface area contributed by atoms with Crippen molar-refractivity contribution in [3.05, 3.63) is 48.3 Å². The van der Waals surface area contributed by atoms with Crippen LogP contribution < -0.4 is 4.74 Å². The molecular formula is C17H20N4O2. The first-order valence-electron chi connectivity index (χ1n) is 7.83. The number of hydrogen-bond acceptors (Lipinski definition) is 5. The van der Waals surface area contributed by atoms with Gasteiger partial charge in [0, 0.05) is 43.4 Å². The van der Waals surface area contributed by atoms with Crippen LogP contribution in [0.15, 0.2) is 36.9 Å². The molecule has 0 spiro atoms. The lowest BCUT2D eigenvalue weighted by Crippen LogP contribution is -2.40. The van der Waals surface area contributed by atoms with Crippen molar-refractivity contribution in [1.82, 2.24) is 19.9 Å². The number of aromatic nitrogens is 3. The molecule has 2 aromatic heterocycles. The van der Waals surface area contributed by atoms with E-state index in [4.69, 9.17) is 4.74 Å². The van der Waals surface area contributed by atoms with Crippen molar-refractivity contribution in [1.29, 1.82) is 0 Å². The Morgan fingerprint density at radius 3 is 2.78 bits per heavy atom. The van der Waals surface area contributed by atoms with Gasteiger partial charge in [0.15, 0.2) is 0 Å². The summed E-state index contributed by atoms with van der Waals surface area (Å²) in [5.41, 5.74) is 1.36. The van der Waals surface area contributed by atoms with Crippen LogP contribution in [0.1, 0.15) is 29.0 Å². The third kappa shape index (κ3) is 4.03. The molecule has 0 aromatic carbocycles. The van der Waals surface area contributed by atoms with E-state index in [0.29, 0.717) is 18.2 Å². The first-order chi connectivity index (χ1) is 11.2. The zero-order valence-electron chi connectivity index (χ0n) is 13.2. The maximum absolute atomic E-state index is 12.3. The number of carbonyl (C=O) groups excluding carboxylic acids is 1. The molecule has 23 heavy (non-hydrogen) atoms. The second kappa shape index (κ2) is 7.17. The highest BCUT2D eigenvalue weighted by molar-refractivity contribution is 5.91. The maximum atomic E-state index is 12.3. The van der Waals surface area contributed by atoms with Crippen molar-refractivity contribution < 1.29 is 9.53 Å². The molecular weight excluding hydrogens is 292 g/mol. The van der Waals surface area contributed by atoms with E-state index in [1.165, 1.54) is 6.20 Å². The minimum Gasteiger partial charge on any atom is -0.493 e. The molecule has 1 saturated heterocycles. The fourth-order valence-electron chi connectivity index (χ4n) is 2.70. The molecule has 1 aliphatic rings. The lowest BCUT2D eigenvalue weighted by atomic mass is 9.97. The number of rotatable bonds is 4. The predicted octanol–water partition coefficient (Wildman–Crippen LogP) is 2.11. The molecule has 120 valence electrons. The highest BCUT2D eigenvalue weighted by atomic mass is 16.5. The van der Waals surface area contributed by atoms with Crippen molar-refractivity contribution >= 4 is 5.91 Å². The van der Waals surface area contributed by atoms with Gasteiger partial charge in [0.2, 0.25) is 0 Å². The first kappa shape index (κ1) is 15.4. The summed E-state index contributed by atoms with van der Waals surface area (Å²) in [6.45, 7) is 4.09. The number of carbonyl (C=O) groups is 1. The number of piperidine rings is 1. The molecule has 1 fully saturated rings. The summed E-state index contributed by atoms with van der Waals surface area (Å²) < 4.78 is 5.84. The van der Waals surface area contributed by atoms with Crippen LogP contribution in [0.4, 0.5) is 0 Å². The number of likely N-dealkylation sites (tertiary alicyclic amines) is 1. The molecule has 3 heterocycles. The smallest absolute Gasteiger partial charge is 0.274 e. The lowest BCUT2D eigenvalue weighted by molar-refractivity contribution is 0.0654. The molecule has 0 unspecified atom stereocenters. The van der Waals surface area contributed by atoms with Gasteiger partial charge < -0.3 is 9.64 Å². The minimum absolute atomic E-state index is 0.0396. The molecule has 0 radical (unpaired) electrons. The summed E-state index contributed by atoms with van der Waals surface area (Å²) in [5, 5.41) is 0. The summed E-state index contributed by atoms with van der Waals surface area (Å²) in [6.07, 6.45) is 8.27. The lowest BCUT2D eigenvalue weighted by Gasteiger charge is -2.31. The summed E-state index contributed by atoms with van der Waals surface area (Å²) >= 11 is 0. The van der Waals surface area contributed by atoms with Crippen LogP contribution in [0.2, 0.25) is 0 Å². The topological polar surface area (TPSA) is 68.2 Å². The van der Waals surface area contributed by atoms with Crippen molar-refractivity contribution in [2.24, 2.45) is 5.92 Å². The molecule has 0 atom stereocenters. The van der Waals surface area contributed by atoms with Crippen LogP contribution in [0.5, 0.6) is 5.75 Å². The van der Waals surface area contributed by atoms with Crippen LogP contribution >= 0.6 is 0 Å². The SMILES string of the molecule is Cc1cc(OCC2CCN(C(=O)c3cnccn3)CC2)ccn1. The van der Waals surface area contributed by atoms with Gasteiger partial charge in [0.05, 0.1) is 12.8 Å². The molecule has 3 rings (SSSR count). The summed E-state index contributed by atoms with van der Waals surface area (Å²) in [4.78, 5) is 26.3. The Bertz CT molecular complexity index is 655. The van der Waals surface area contributed by atoms with Gasteiger partial charge in [-0.05, 0) is 31.7 Å². The molecule has 6 nitrogen and oxygen atoms in total. The number of aryl methyl sites for hydroxylation is 1. The zero-order chi connectivity index (χ0) is 16.1. The van der Waals surface area contributed by atoms with Crippen LogP contribution in [0.3, 0.4) is 0 Å². The van der Waals surface area contributed by atoms with Crippen molar-refractivity contribution in [2.45, 2.75) is 19.8 Å². The van der Waals surface area contributed by atoms with Crippen LogP contribution in [0, 0.1) is 12.8 Å². The molecule has 0 saturated carbocycles. The molecule has 0 aliphatic carbocycles. The highest BCUT2D eigenvalue weighted by Crippen LogP contribution is 2.20. The average molecular weight is 312 g/mol. The Balaban J connectivity index is 1.48. The fourth-order valence-corrected chi connectivity index (χ4v) is 2.70. The van der Waals surface area contributed by atoms with E-state index < -0.39 is 0 Å². The Kier molecular flexibility index (Phi) is 4.80. The van der Waals surface area contributed by atoms with Gasteiger partial charge in [-0.25, -0.2) is 4.98 Å². The van der Waals surface area contributed by atoms with E-state index in [-0.39, 0.29) is 5.91 Å². The van der Waals surface area contributed by atoms with E-state index in [2.05, 4.69) is 15.0 Å². The number of ether oxygens (including phenoxy) is 1. The largest absolute Gasteiger partial charge is 0.493 e. The summed E-state index contributed by atoms with van der Waals surface area (Å²) in [6, 6.07) is 3.81. The van der Waals surface area contributed by atoms with Crippen LogP contribution in [-0.4, -0.2) is 45.5 Å². The van der Waals surface area contributed by atoms with Crippen molar-refractivity contribution in [3.63, 3.8) is 0 Å². The van der Waals surface area contributed by atoms with Gasteiger partial charge in [-0.3, -0.25) is 14.8 Å².